The summed E-state index contributed by atoms with van der Waals surface area (Å²) in [6.45, 7) is 12.5. The van der Waals surface area contributed by atoms with E-state index in [2.05, 4.69) is 39.9 Å². The predicted octanol–water partition coefficient (Wildman–Crippen LogP) is 4.56. The van der Waals surface area contributed by atoms with Crippen molar-refractivity contribution in [3.63, 3.8) is 0 Å². The lowest BCUT2D eigenvalue weighted by Gasteiger charge is -2.44. The highest BCUT2D eigenvalue weighted by Crippen LogP contribution is 2.47. The molecule has 0 aliphatic heterocycles. The van der Waals surface area contributed by atoms with Crippen LogP contribution in [0.3, 0.4) is 0 Å². The molecule has 1 aromatic rings. The SMILES string of the molecule is CCCNC1(c2nc(C)c(C)s2)CCCC(C)(C)C1. The van der Waals surface area contributed by atoms with Crippen molar-refractivity contribution in [1.29, 1.82) is 0 Å². The zero-order valence-corrected chi connectivity index (χ0v) is 13.9. The van der Waals surface area contributed by atoms with Crippen molar-refractivity contribution >= 4 is 11.3 Å². The van der Waals surface area contributed by atoms with E-state index in [1.165, 1.54) is 47.7 Å². The van der Waals surface area contributed by atoms with Gasteiger partial charge in [0.05, 0.1) is 11.2 Å². The summed E-state index contributed by atoms with van der Waals surface area (Å²) in [6, 6.07) is 0. The molecule has 2 nitrogen and oxygen atoms in total. The maximum Gasteiger partial charge on any atom is 0.113 e. The number of thiazole rings is 1. The highest BCUT2D eigenvalue weighted by molar-refractivity contribution is 7.11. The first kappa shape index (κ1) is 15.0. The van der Waals surface area contributed by atoms with E-state index in [1.54, 1.807) is 0 Å². The first-order chi connectivity index (χ1) is 8.88. The topological polar surface area (TPSA) is 24.9 Å². The van der Waals surface area contributed by atoms with E-state index < -0.39 is 0 Å². The lowest BCUT2D eigenvalue weighted by molar-refractivity contribution is 0.118. The van der Waals surface area contributed by atoms with Gasteiger partial charge in [-0.05, 0) is 51.5 Å². The van der Waals surface area contributed by atoms with Crippen LogP contribution in [-0.4, -0.2) is 11.5 Å². The summed E-state index contributed by atoms with van der Waals surface area (Å²) in [5, 5.41) is 5.17. The quantitative estimate of drug-likeness (QED) is 0.875. The van der Waals surface area contributed by atoms with Crippen molar-refractivity contribution in [2.45, 2.75) is 72.3 Å². The van der Waals surface area contributed by atoms with Crippen LogP contribution in [0.2, 0.25) is 0 Å². The van der Waals surface area contributed by atoms with E-state index in [1.807, 2.05) is 11.3 Å². The molecule has 0 spiro atoms. The second-order valence-corrected chi connectivity index (χ2v) is 8.07. The molecule has 0 bridgehead atoms. The van der Waals surface area contributed by atoms with Gasteiger partial charge < -0.3 is 5.32 Å². The molecule has 1 fully saturated rings. The molecule has 1 aliphatic rings. The molecule has 1 aromatic heterocycles. The fourth-order valence-corrected chi connectivity index (χ4v) is 4.42. The third-order valence-electron chi connectivity index (χ3n) is 4.39. The van der Waals surface area contributed by atoms with Gasteiger partial charge in [-0.1, -0.05) is 27.2 Å². The number of hydrogen-bond donors (Lipinski definition) is 1. The van der Waals surface area contributed by atoms with E-state index in [4.69, 9.17) is 4.98 Å². The lowest BCUT2D eigenvalue weighted by Crippen LogP contribution is -2.48. The molecule has 1 N–H and O–H groups in total. The van der Waals surface area contributed by atoms with Crippen LogP contribution in [0.1, 0.15) is 68.5 Å². The summed E-state index contributed by atoms with van der Waals surface area (Å²) in [5.41, 5.74) is 1.76. The highest BCUT2D eigenvalue weighted by atomic mass is 32.1. The Morgan fingerprint density at radius 1 is 1.26 bits per heavy atom. The number of hydrogen-bond acceptors (Lipinski definition) is 3. The van der Waals surface area contributed by atoms with Crippen LogP contribution >= 0.6 is 11.3 Å². The third-order valence-corrected chi connectivity index (χ3v) is 5.67. The van der Waals surface area contributed by atoms with E-state index in [0.717, 1.165) is 6.54 Å². The Kier molecular flexibility index (Phi) is 4.36. The van der Waals surface area contributed by atoms with Gasteiger partial charge in [0.15, 0.2) is 0 Å². The van der Waals surface area contributed by atoms with Crippen LogP contribution < -0.4 is 5.32 Å². The summed E-state index contributed by atoms with van der Waals surface area (Å²) < 4.78 is 0. The van der Waals surface area contributed by atoms with Crippen molar-refractivity contribution in [2.24, 2.45) is 5.41 Å². The molecule has 3 heteroatoms. The van der Waals surface area contributed by atoms with Gasteiger partial charge in [0.25, 0.3) is 0 Å². The van der Waals surface area contributed by atoms with Gasteiger partial charge in [0, 0.05) is 4.88 Å². The standard InChI is InChI=1S/C16H28N2S/c1-6-10-17-16(9-7-8-15(4,5)11-16)14-18-12(2)13(3)19-14/h17H,6-11H2,1-5H3. The minimum atomic E-state index is 0.126. The molecule has 0 amide bonds. The zero-order valence-electron chi connectivity index (χ0n) is 13.1. The largest absolute Gasteiger partial charge is 0.305 e. The average Bonchev–Trinajstić information content (AvgIpc) is 2.66. The van der Waals surface area contributed by atoms with Gasteiger partial charge in [0.1, 0.15) is 5.01 Å². The van der Waals surface area contributed by atoms with Crippen molar-refractivity contribution in [2.75, 3.05) is 6.54 Å². The van der Waals surface area contributed by atoms with E-state index in [9.17, 15) is 0 Å². The molecule has 2 rings (SSSR count). The van der Waals surface area contributed by atoms with Gasteiger partial charge in [-0.2, -0.15) is 0 Å². The van der Waals surface area contributed by atoms with Gasteiger partial charge in [-0.3, -0.25) is 0 Å². The molecule has 19 heavy (non-hydrogen) atoms. The molecule has 0 radical (unpaired) electrons. The van der Waals surface area contributed by atoms with Gasteiger partial charge in [-0.25, -0.2) is 4.98 Å². The van der Waals surface area contributed by atoms with Crippen LogP contribution in [0.5, 0.6) is 0 Å². The Bertz CT molecular complexity index is 416. The Balaban J connectivity index is 2.33. The Morgan fingerprint density at radius 3 is 2.53 bits per heavy atom. The van der Waals surface area contributed by atoms with Gasteiger partial charge in [-0.15, -0.1) is 11.3 Å². The van der Waals surface area contributed by atoms with Crippen LogP contribution in [0.25, 0.3) is 0 Å². The smallest absolute Gasteiger partial charge is 0.113 e. The van der Waals surface area contributed by atoms with E-state index >= 15 is 0 Å². The fourth-order valence-electron chi connectivity index (χ4n) is 3.31. The summed E-state index contributed by atoms with van der Waals surface area (Å²) >= 11 is 1.90. The number of nitrogens with zero attached hydrogens (tertiary/aromatic N) is 1. The number of rotatable bonds is 4. The molecule has 1 atom stereocenters. The number of nitrogens with one attached hydrogen (secondary N) is 1. The Hall–Kier alpha value is -0.410. The minimum Gasteiger partial charge on any atom is -0.305 e. The van der Waals surface area contributed by atoms with Crippen molar-refractivity contribution in [3.8, 4) is 0 Å². The summed E-state index contributed by atoms with van der Waals surface area (Å²) in [7, 11) is 0. The number of aromatic nitrogens is 1. The van der Waals surface area contributed by atoms with Crippen molar-refractivity contribution in [3.05, 3.63) is 15.6 Å². The highest BCUT2D eigenvalue weighted by Gasteiger charge is 2.42. The van der Waals surface area contributed by atoms with Crippen LogP contribution in [0.15, 0.2) is 0 Å². The molecule has 0 saturated heterocycles. The monoisotopic (exact) mass is 280 g/mol. The second-order valence-electron chi connectivity index (χ2n) is 6.86. The van der Waals surface area contributed by atoms with Crippen LogP contribution in [-0.2, 0) is 5.54 Å². The molecule has 0 aromatic carbocycles. The maximum atomic E-state index is 4.88. The van der Waals surface area contributed by atoms with Gasteiger partial charge in [0.2, 0.25) is 0 Å². The summed E-state index contributed by atoms with van der Waals surface area (Å²) in [5.74, 6) is 0. The average molecular weight is 280 g/mol. The Morgan fingerprint density at radius 2 is 2.00 bits per heavy atom. The normalized spacial score (nSPS) is 26.6. The molecule has 1 unspecified atom stereocenters. The zero-order chi connectivity index (χ0) is 14.1. The molecular formula is C16H28N2S. The first-order valence-electron chi connectivity index (χ1n) is 7.58. The molecule has 1 heterocycles. The molecular weight excluding hydrogens is 252 g/mol. The first-order valence-corrected chi connectivity index (χ1v) is 8.40. The van der Waals surface area contributed by atoms with Crippen LogP contribution in [0.4, 0.5) is 0 Å². The fraction of sp³-hybridized carbons (Fsp3) is 0.812. The maximum absolute atomic E-state index is 4.88. The lowest BCUT2D eigenvalue weighted by atomic mass is 9.68. The van der Waals surface area contributed by atoms with Crippen molar-refractivity contribution in [1.82, 2.24) is 10.3 Å². The van der Waals surface area contributed by atoms with Crippen molar-refractivity contribution < 1.29 is 0 Å². The minimum absolute atomic E-state index is 0.126. The van der Waals surface area contributed by atoms with E-state index in [0.29, 0.717) is 5.41 Å². The van der Waals surface area contributed by atoms with E-state index in [-0.39, 0.29) is 5.54 Å². The summed E-state index contributed by atoms with van der Waals surface area (Å²) in [4.78, 5) is 6.25. The third kappa shape index (κ3) is 3.19. The molecule has 1 saturated carbocycles. The second kappa shape index (κ2) is 5.53. The molecule has 108 valence electrons. The molecule has 1 aliphatic carbocycles. The van der Waals surface area contributed by atoms with Crippen LogP contribution in [0, 0.1) is 19.3 Å². The summed E-state index contributed by atoms with van der Waals surface area (Å²) in [6.07, 6.45) is 6.29. The van der Waals surface area contributed by atoms with Gasteiger partial charge >= 0.3 is 0 Å². The Labute approximate surface area is 122 Å². The predicted molar refractivity (Wildman–Crippen MR) is 83.8 cm³/mol. The number of aryl methyl sites for hydroxylation is 2.